The van der Waals surface area contributed by atoms with E-state index >= 15 is 0 Å². The molecular formula is C14H10Br2ClF. The molecule has 0 N–H and O–H groups in total. The maximum Gasteiger partial charge on any atom is 0.123 e. The van der Waals surface area contributed by atoms with Gasteiger partial charge in [0.05, 0.1) is 5.38 Å². The van der Waals surface area contributed by atoms with E-state index in [-0.39, 0.29) is 11.2 Å². The highest BCUT2D eigenvalue weighted by Gasteiger charge is 2.16. The lowest BCUT2D eigenvalue weighted by atomic mass is 10.00. The van der Waals surface area contributed by atoms with Crippen molar-refractivity contribution in [2.24, 2.45) is 0 Å². The third-order valence-corrected chi connectivity index (χ3v) is 4.42. The lowest BCUT2D eigenvalue weighted by Crippen LogP contribution is -1.98. The normalized spacial score (nSPS) is 12.5. The summed E-state index contributed by atoms with van der Waals surface area (Å²) in [4.78, 5) is 0. The van der Waals surface area contributed by atoms with Crippen LogP contribution in [-0.4, -0.2) is 0 Å². The average molecular weight is 392 g/mol. The van der Waals surface area contributed by atoms with E-state index in [0.717, 1.165) is 25.6 Å². The zero-order valence-electron chi connectivity index (χ0n) is 9.55. The largest absolute Gasteiger partial charge is 0.207 e. The van der Waals surface area contributed by atoms with Gasteiger partial charge in [0.2, 0.25) is 0 Å². The van der Waals surface area contributed by atoms with Crippen molar-refractivity contribution in [1.29, 1.82) is 0 Å². The van der Waals surface area contributed by atoms with Crippen LogP contribution in [0.4, 0.5) is 4.39 Å². The Hall–Kier alpha value is -0.380. The van der Waals surface area contributed by atoms with E-state index in [1.165, 1.54) is 12.1 Å². The van der Waals surface area contributed by atoms with Crippen LogP contribution in [0.3, 0.4) is 0 Å². The minimum atomic E-state index is -0.308. The highest BCUT2D eigenvalue weighted by atomic mass is 79.9. The Labute approximate surface area is 127 Å². The van der Waals surface area contributed by atoms with Gasteiger partial charge in [-0.05, 0) is 53.9 Å². The van der Waals surface area contributed by atoms with E-state index < -0.39 is 0 Å². The molecule has 0 bridgehead atoms. The smallest absolute Gasteiger partial charge is 0.123 e. The van der Waals surface area contributed by atoms with Gasteiger partial charge in [0.15, 0.2) is 0 Å². The Morgan fingerprint density at radius 3 is 2.44 bits per heavy atom. The predicted molar refractivity (Wildman–Crippen MR) is 80.7 cm³/mol. The van der Waals surface area contributed by atoms with Gasteiger partial charge >= 0.3 is 0 Å². The Balaban J connectivity index is 2.47. The van der Waals surface area contributed by atoms with E-state index in [2.05, 4.69) is 31.9 Å². The zero-order valence-corrected chi connectivity index (χ0v) is 13.5. The molecule has 0 amide bonds. The Kier molecular flexibility index (Phi) is 4.46. The van der Waals surface area contributed by atoms with Crippen molar-refractivity contribution in [2.75, 3.05) is 0 Å². The third-order valence-electron chi connectivity index (χ3n) is 2.74. The number of benzene rings is 2. The summed E-state index contributed by atoms with van der Waals surface area (Å²) >= 11 is 13.4. The first kappa shape index (κ1) is 14.0. The molecule has 18 heavy (non-hydrogen) atoms. The van der Waals surface area contributed by atoms with Gasteiger partial charge in [-0.25, -0.2) is 4.39 Å². The number of aryl methyl sites for hydroxylation is 1. The van der Waals surface area contributed by atoms with Crippen LogP contribution in [0.1, 0.15) is 22.1 Å². The molecule has 4 heteroatoms. The molecule has 1 atom stereocenters. The van der Waals surface area contributed by atoms with E-state index in [9.17, 15) is 4.39 Å². The summed E-state index contributed by atoms with van der Waals surface area (Å²) in [6.07, 6.45) is 0. The van der Waals surface area contributed by atoms with Gasteiger partial charge in [-0.2, -0.15) is 0 Å². The van der Waals surface area contributed by atoms with E-state index in [1.807, 2.05) is 25.1 Å². The number of halogens is 4. The standard InChI is InChI=1S/C14H10Br2ClF/c1-8-6-10(18)3-4-11(8)14(17)12-7-9(15)2-5-13(12)16/h2-7,14H,1H3. The predicted octanol–water partition coefficient (Wildman–Crippen LogP) is 5.99. The first-order valence-corrected chi connectivity index (χ1v) is 7.36. The highest BCUT2D eigenvalue weighted by molar-refractivity contribution is 9.11. The molecule has 0 heterocycles. The molecule has 0 saturated heterocycles. The maximum absolute atomic E-state index is 13.1. The molecule has 0 aromatic heterocycles. The molecule has 0 aliphatic rings. The van der Waals surface area contributed by atoms with Crippen LogP contribution in [-0.2, 0) is 0 Å². The van der Waals surface area contributed by atoms with Gasteiger partial charge in [-0.3, -0.25) is 0 Å². The number of hydrogen-bond donors (Lipinski definition) is 0. The Bertz CT molecular complexity index is 584. The molecular weight excluding hydrogens is 382 g/mol. The van der Waals surface area contributed by atoms with Crippen LogP contribution < -0.4 is 0 Å². The third kappa shape index (κ3) is 2.95. The fourth-order valence-electron chi connectivity index (χ4n) is 1.80. The first-order valence-electron chi connectivity index (χ1n) is 5.34. The van der Waals surface area contributed by atoms with Crippen molar-refractivity contribution in [1.82, 2.24) is 0 Å². The van der Waals surface area contributed by atoms with Crippen LogP contribution in [0.25, 0.3) is 0 Å². The van der Waals surface area contributed by atoms with Gasteiger partial charge in [0.25, 0.3) is 0 Å². The van der Waals surface area contributed by atoms with Gasteiger partial charge in [-0.1, -0.05) is 37.9 Å². The average Bonchev–Trinajstić information content (AvgIpc) is 2.31. The fraction of sp³-hybridized carbons (Fsp3) is 0.143. The van der Waals surface area contributed by atoms with Crippen molar-refractivity contribution in [3.8, 4) is 0 Å². The molecule has 0 saturated carbocycles. The monoisotopic (exact) mass is 390 g/mol. The molecule has 2 aromatic rings. The fourth-order valence-corrected chi connectivity index (χ4v) is 3.21. The Morgan fingerprint density at radius 2 is 1.78 bits per heavy atom. The molecule has 0 spiro atoms. The maximum atomic E-state index is 13.1. The summed E-state index contributed by atoms with van der Waals surface area (Å²) in [5, 5.41) is -0.308. The van der Waals surface area contributed by atoms with Gasteiger partial charge in [-0.15, -0.1) is 11.6 Å². The second kappa shape index (κ2) is 5.72. The number of hydrogen-bond acceptors (Lipinski definition) is 0. The van der Waals surface area contributed by atoms with Crippen LogP contribution in [0, 0.1) is 12.7 Å². The minimum Gasteiger partial charge on any atom is -0.207 e. The SMILES string of the molecule is Cc1cc(F)ccc1C(Cl)c1cc(Br)ccc1Br. The van der Waals surface area contributed by atoms with E-state index in [0.29, 0.717) is 0 Å². The summed E-state index contributed by atoms with van der Waals surface area (Å²) in [6.45, 7) is 1.86. The Morgan fingerprint density at radius 1 is 1.06 bits per heavy atom. The molecule has 0 nitrogen and oxygen atoms in total. The molecule has 2 rings (SSSR count). The van der Waals surface area contributed by atoms with Crippen molar-refractivity contribution in [2.45, 2.75) is 12.3 Å². The van der Waals surface area contributed by atoms with Gasteiger partial charge < -0.3 is 0 Å². The van der Waals surface area contributed by atoms with Crippen molar-refractivity contribution in [3.63, 3.8) is 0 Å². The van der Waals surface area contributed by atoms with Crippen molar-refractivity contribution >= 4 is 43.5 Å². The number of rotatable bonds is 2. The van der Waals surface area contributed by atoms with Crippen LogP contribution in [0.5, 0.6) is 0 Å². The van der Waals surface area contributed by atoms with Gasteiger partial charge in [0.1, 0.15) is 5.82 Å². The second-order valence-electron chi connectivity index (χ2n) is 4.03. The quantitative estimate of drug-likeness (QED) is 0.551. The van der Waals surface area contributed by atoms with Gasteiger partial charge in [0, 0.05) is 8.95 Å². The molecule has 94 valence electrons. The minimum absolute atomic E-state index is 0.242. The summed E-state index contributed by atoms with van der Waals surface area (Å²) in [5.41, 5.74) is 2.72. The van der Waals surface area contributed by atoms with E-state index in [4.69, 9.17) is 11.6 Å². The van der Waals surface area contributed by atoms with E-state index in [1.54, 1.807) is 6.07 Å². The van der Waals surface area contributed by atoms with Crippen molar-refractivity contribution in [3.05, 3.63) is 67.9 Å². The summed E-state index contributed by atoms with van der Waals surface area (Å²) < 4.78 is 15.0. The highest BCUT2D eigenvalue weighted by Crippen LogP contribution is 2.36. The second-order valence-corrected chi connectivity index (χ2v) is 6.24. The molecule has 0 aliphatic heterocycles. The molecule has 0 aliphatic carbocycles. The van der Waals surface area contributed by atoms with Crippen LogP contribution >= 0.6 is 43.5 Å². The number of alkyl halides is 1. The zero-order chi connectivity index (χ0) is 13.3. The summed E-state index contributed by atoms with van der Waals surface area (Å²) in [7, 11) is 0. The topological polar surface area (TPSA) is 0 Å². The molecule has 0 radical (unpaired) electrons. The molecule has 1 unspecified atom stereocenters. The molecule has 0 fully saturated rings. The lowest BCUT2D eigenvalue weighted by molar-refractivity contribution is 0.625. The van der Waals surface area contributed by atoms with Crippen LogP contribution in [0.2, 0.25) is 0 Å². The van der Waals surface area contributed by atoms with Crippen LogP contribution in [0.15, 0.2) is 45.3 Å². The van der Waals surface area contributed by atoms with Crippen molar-refractivity contribution < 1.29 is 4.39 Å². The summed E-state index contributed by atoms with van der Waals surface area (Å²) in [5.74, 6) is -0.242. The lowest BCUT2D eigenvalue weighted by Gasteiger charge is -2.15. The first-order chi connectivity index (χ1) is 8.49. The molecule has 2 aromatic carbocycles. The summed E-state index contributed by atoms with van der Waals surface area (Å²) in [6, 6.07) is 10.5.